The molecule has 14 heavy (non-hydrogen) atoms. The highest BCUT2D eigenvalue weighted by molar-refractivity contribution is 5.79. The van der Waals surface area contributed by atoms with Crippen LogP contribution < -0.4 is 0 Å². The number of aliphatic hydroxyl groups is 1. The smallest absolute Gasteiger partial charge is 0.338 e. The summed E-state index contributed by atoms with van der Waals surface area (Å²) in [6, 6.07) is 0. The van der Waals surface area contributed by atoms with Gasteiger partial charge in [-0.1, -0.05) is 34.6 Å². The van der Waals surface area contributed by atoms with Gasteiger partial charge in [-0.15, -0.1) is 0 Å². The van der Waals surface area contributed by atoms with Crippen molar-refractivity contribution in [1.82, 2.24) is 0 Å². The molecule has 0 aromatic carbocycles. The number of carbonyl (C=O) groups is 1. The highest BCUT2D eigenvalue weighted by atomic mass is 16.5. The first-order chi connectivity index (χ1) is 6.28. The van der Waals surface area contributed by atoms with Crippen LogP contribution in [0.25, 0.3) is 0 Å². The molecule has 0 aliphatic heterocycles. The zero-order valence-corrected chi connectivity index (χ0v) is 10.00. The molecular weight excluding hydrogens is 180 g/mol. The standard InChI is InChI=1S/C11H22O3/c1-7(2)9(5)11(13,8(3)4)10(12)14-6/h7-9,13H,1-6H3. The molecule has 0 heterocycles. The van der Waals surface area contributed by atoms with Crippen LogP contribution in [0.1, 0.15) is 34.6 Å². The van der Waals surface area contributed by atoms with Crippen molar-refractivity contribution in [2.75, 3.05) is 7.11 Å². The number of ether oxygens (including phenoxy) is 1. The largest absolute Gasteiger partial charge is 0.467 e. The molecule has 2 atom stereocenters. The summed E-state index contributed by atoms with van der Waals surface area (Å²) >= 11 is 0. The summed E-state index contributed by atoms with van der Waals surface area (Å²) in [5.41, 5.74) is -1.37. The highest BCUT2D eigenvalue weighted by Gasteiger charge is 2.46. The van der Waals surface area contributed by atoms with Gasteiger partial charge in [0.05, 0.1) is 7.11 Å². The van der Waals surface area contributed by atoms with Gasteiger partial charge in [-0.25, -0.2) is 4.79 Å². The minimum absolute atomic E-state index is 0.116. The van der Waals surface area contributed by atoms with E-state index in [1.807, 2.05) is 34.6 Å². The van der Waals surface area contributed by atoms with Gasteiger partial charge in [0, 0.05) is 0 Å². The van der Waals surface area contributed by atoms with Crippen molar-refractivity contribution in [3.8, 4) is 0 Å². The lowest BCUT2D eigenvalue weighted by molar-refractivity contribution is -0.177. The summed E-state index contributed by atoms with van der Waals surface area (Å²) < 4.78 is 4.66. The number of rotatable bonds is 4. The number of methoxy groups -OCH3 is 1. The number of esters is 1. The molecule has 0 bridgehead atoms. The van der Waals surface area contributed by atoms with Gasteiger partial charge in [-0.3, -0.25) is 0 Å². The van der Waals surface area contributed by atoms with Crippen molar-refractivity contribution in [3.63, 3.8) is 0 Å². The second-order valence-electron chi connectivity index (χ2n) is 4.50. The van der Waals surface area contributed by atoms with Crippen LogP contribution in [0, 0.1) is 17.8 Å². The SMILES string of the molecule is COC(=O)C(O)(C(C)C)C(C)C(C)C. The average molecular weight is 202 g/mol. The maximum Gasteiger partial charge on any atom is 0.338 e. The molecule has 3 heteroatoms. The van der Waals surface area contributed by atoms with Gasteiger partial charge in [-0.05, 0) is 17.8 Å². The van der Waals surface area contributed by atoms with E-state index in [4.69, 9.17) is 0 Å². The Bertz CT molecular complexity index is 199. The first-order valence-electron chi connectivity index (χ1n) is 5.09. The third kappa shape index (κ3) is 2.27. The minimum atomic E-state index is -1.37. The van der Waals surface area contributed by atoms with Gasteiger partial charge in [-0.2, -0.15) is 0 Å². The van der Waals surface area contributed by atoms with E-state index in [1.165, 1.54) is 7.11 Å². The van der Waals surface area contributed by atoms with Crippen LogP contribution in [0.15, 0.2) is 0 Å². The fraction of sp³-hybridized carbons (Fsp3) is 0.909. The Kier molecular flexibility index (Phi) is 4.59. The zero-order valence-electron chi connectivity index (χ0n) is 10.00. The fourth-order valence-corrected chi connectivity index (χ4v) is 1.62. The molecule has 0 fully saturated rings. The van der Waals surface area contributed by atoms with Gasteiger partial charge in [0.15, 0.2) is 5.60 Å². The molecule has 0 aromatic heterocycles. The third-order valence-corrected chi connectivity index (χ3v) is 3.09. The molecule has 0 amide bonds. The lowest BCUT2D eigenvalue weighted by Crippen LogP contribution is -2.51. The van der Waals surface area contributed by atoms with Gasteiger partial charge in [0.1, 0.15) is 0 Å². The quantitative estimate of drug-likeness (QED) is 0.707. The van der Waals surface area contributed by atoms with Gasteiger partial charge in [0.2, 0.25) is 0 Å². The second-order valence-corrected chi connectivity index (χ2v) is 4.50. The van der Waals surface area contributed by atoms with Crippen LogP contribution in [0.4, 0.5) is 0 Å². The lowest BCUT2D eigenvalue weighted by atomic mass is 9.74. The van der Waals surface area contributed by atoms with Crippen molar-refractivity contribution >= 4 is 5.97 Å². The summed E-state index contributed by atoms with van der Waals surface area (Å²) in [4.78, 5) is 11.5. The lowest BCUT2D eigenvalue weighted by Gasteiger charge is -2.36. The van der Waals surface area contributed by atoms with Crippen molar-refractivity contribution in [2.45, 2.75) is 40.2 Å². The molecule has 0 aliphatic rings. The van der Waals surface area contributed by atoms with E-state index >= 15 is 0 Å². The summed E-state index contributed by atoms with van der Waals surface area (Å²) in [7, 11) is 1.31. The first-order valence-corrected chi connectivity index (χ1v) is 5.09. The summed E-state index contributed by atoms with van der Waals surface area (Å²) in [6.07, 6.45) is 0. The number of hydrogen-bond acceptors (Lipinski definition) is 3. The first kappa shape index (κ1) is 13.4. The molecule has 0 saturated heterocycles. The Morgan fingerprint density at radius 2 is 1.64 bits per heavy atom. The molecule has 0 aliphatic carbocycles. The zero-order chi connectivity index (χ0) is 11.5. The second kappa shape index (κ2) is 4.78. The molecule has 0 radical (unpaired) electrons. The van der Waals surface area contributed by atoms with Crippen molar-refractivity contribution in [2.24, 2.45) is 17.8 Å². The maximum atomic E-state index is 11.5. The predicted molar refractivity (Wildman–Crippen MR) is 55.8 cm³/mol. The Labute approximate surface area is 86.5 Å². The fourth-order valence-electron chi connectivity index (χ4n) is 1.62. The summed E-state index contributed by atoms with van der Waals surface area (Å²) in [6.45, 7) is 9.51. The van der Waals surface area contributed by atoms with Crippen LogP contribution >= 0.6 is 0 Å². The van der Waals surface area contributed by atoms with E-state index in [1.54, 1.807) is 0 Å². The Morgan fingerprint density at radius 1 is 1.21 bits per heavy atom. The van der Waals surface area contributed by atoms with E-state index in [9.17, 15) is 9.90 Å². The molecule has 0 rings (SSSR count). The maximum absolute atomic E-state index is 11.5. The summed E-state index contributed by atoms with van der Waals surface area (Å²) in [5.74, 6) is -0.558. The predicted octanol–water partition coefficient (Wildman–Crippen LogP) is 1.84. The van der Waals surface area contributed by atoms with E-state index in [-0.39, 0.29) is 17.8 Å². The van der Waals surface area contributed by atoms with Crippen molar-refractivity contribution in [1.29, 1.82) is 0 Å². The van der Waals surface area contributed by atoms with Crippen LogP contribution in [-0.4, -0.2) is 23.8 Å². The minimum Gasteiger partial charge on any atom is -0.467 e. The normalized spacial score (nSPS) is 18.1. The molecular formula is C11H22O3. The van der Waals surface area contributed by atoms with E-state index in [2.05, 4.69) is 4.74 Å². The van der Waals surface area contributed by atoms with Crippen LogP contribution in [0.3, 0.4) is 0 Å². The molecule has 84 valence electrons. The Morgan fingerprint density at radius 3 is 1.86 bits per heavy atom. The number of carbonyl (C=O) groups excluding carboxylic acids is 1. The summed E-state index contributed by atoms with van der Waals surface area (Å²) in [5, 5.41) is 10.3. The average Bonchev–Trinajstić information content (AvgIpc) is 2.13. The molecule has 1 N–H and O–H groups in total. The molecule has 2 unspecified atom stereocenters. The van der Waals surface area contributed by atoms with Crippen molar-refractivity contribution < 1.29 is 14.6 Å². The van der Waals surface area contributed by atoms with Gasteiger partial charge >= 0.3 is 5.97 Å². The van der Waals surface area contributed by atoms with Crippen LogP contribution in [0.2, 0.25) is 0 Å². The van der Waals surface area contributed by atoms with E-state index < -0.39 is 11.6 Å². The molecule has 3 nitrogen and oxygen atoms in total. The Balaban J connectivity index is 4.99. The molecule has 0 saturated carbocycles. The van der Waals surface area contributed by atoms with Crippen LogP contribution in [-0.2, 0) is 9.53 Å². The molecule has 0 spiro atoms. The van der Waals surface area contributed by atoms with Crippen LogP contribution in [0.5, 0.6) is 0 Å². The molecule has 0 aromatic rings. The third-order valence-electron chi connectivity index (χ3n) is 3.09. The Hall–Kier alpha value is -0.570. The highest BCUT2D eigenvalue weighted by Crippen LogP contribution is 2.32. The monoisotopic (exact) mass is 202 g/mol. The number of hydrogen-bond donors (Lipinski definition) is 1. The van der Waals surface area contributed by atoms with Crippen molar-refractivity contribution in [3.05, 3.63) is 0 Å². The van der Waals surface area contributed by atoms with Gasteiger partial charge < -0.3 is 9.84 Å². The van der Waals surface area contributed by atoms with E-state index in [0.29, 0.717) is 0 Å². The topological polar surface area (TPSA) is 46.5 Å². The van der Waals surface area contributed by atoms with E-state index in [0.717, 1.165) is 0 Å². The van der Waals surface area contributed by atoms with Gasteiger partial charge in [0.25, 0.3) is 0 Å².